The topological polar surface area (TPSA) is 88.0 Å². The van der Waals surface area contributed by atoms with Gasteiger partial charge in [-0.05, 0) is 54.3 Å². The number of nitrogens with one attached hydrogen (secondary N) is 1. The zero-order valence-electron chi connectivity index (χ0n) is 17.3. The van der Waals surface area contributed by atoms with Gasteiger partial charge in [-0.25, -0.2) is 9.48 Å². The monoisotopic (exact) mass is 499 g/mol. The molecule has 33 heavy (non-hydrogen) atoms. The van der Waals surface area contributed by atoms with E-state index in [1.54, 1.807) is 24.4 Å². The van der Waals surface area contributed by atoms with Gasteiger partial charge in [0.2, 0.25) is 0 Å². The lowest BCUT2D eigenvalue weighted by Gasteiger charge is -2.07. The fourth-order valence-corrected chi connectivity index (χ4v) is 4.52. The van der Waals surface area contributed by atoms with Crippen LogP contribution in [0.4, 0.5) is 0 Å². The molecule has 168 valence electrons. The molecule has 2 aromatic heterocycles. The van der Waals surface area contributed by atoms with Crippen LogP contribution in [-0.2, 0) is 18.6 Å². The highest BCUT2D eigenvalue weighted by Crippen LogP contribution is 2.29. The Morgan fingerprint density at radius 2 is 1.79 bits per heavy atom. The number of hydrogen-bond donors (Lipinski definition) is 2. The maximum atomic E-state index is 12.5. The number of H-pyrrole nitrogens is 1. The van der Waals surface area contributed by atoms with Gasteiger partial charge in [0.05, 0.1) is 15.7 Å². The Labute approximate surface area is 204 Å². The van der Waals surface area contributed by atoms with Gasteiger partial charge in [-0.1, -0.05) is 53.5 Å². The summed E-state index contributed by atoms with van der Waals surface area (Å²) in [7, 11) is 0. The Balaban J connectivity index is 1.58. The number of aryl methyl sites for hydroxylation is 2. The maximum Gasteiger partial charge on any atom is 0.354 e. The van der Waals surface area contributed by atoms with Gasteiger partial charge >= 0.3 is 5.97 Å². The fraction of sp³-hybridized carbons (Fsp3) is 0.125. The number of hydrogen-bond acceptors (Lipinski definition) is 4. The molecule has 0 saturated carbocycles. The van der Waals surface area contributed by atoms with Crippen molar-refractivity contribution in [3.63, 3.8) is 0 Å². The van der Waals surface area contributed by atoms with Crippen molar-refractivity contribution in [1.82, 2.24) is 14.8 Å². The summed E-state index contributed by atoms with van der Waals surface area (Å²) in [6.07, 6.45) is 2.88. The summed E-state index contributed by atoms with van der Waals surface area (Å²) < 4.78 is 1.20. The Kier molecular flexibility index (Phi) is 7.23. The number of benzene rings is 2. The highest BCUT2D eigenvalue weighted by Gasteiger charge is 2.18. The minimum atomic E-state index is -1.15. The standard InChI is InChI=1S/C24H19Cl2N3O3S/c25-19-9-8-18(12-20(19)26)33-14-16-10-21(23(30)27-13-16)29-22(24(31)32)11-17(28-29)7-6-15-4-2-1-3-5-15/h1-5,8-13H,6-7,14H2,(H,27,30)(H,31,32). The molecule has 0 fully saturated rings. The minimum Gasteiger partial charge on any atom is -0.477 e. The molecule has 2 N–H and O–H groups in total. The molecule has 0 amide bonds. The van der Waals surface area contributed by atoms with Crippen molar-refractivity contribution in [2.75, 3.05) is 0 Å². The third kappa shape index (κ3) is 5.68. The number of pyridine rings is 1. The van der Waals surface area contributed by atoms with E-state index in [0.717, 1.165) is 16.0 Å². The first-order chi connectivity index (χ1) is 15.9. The van der Waals surface area contributed by atoms with Gasteiger partial charge in [-0.15, -0.1) is 11.8 Å². The Bertz CT molecular complexity index is 1350. The van der Waals surface area contributed by atoms with E-state index in [4.69, 9.17) is 23.2 Å². The van der Waals surface area contributed by atoms with Crippen LogP contribution in [0.3, 0.4) is 0 Å². The first kappa shape index (κ1) is 23.2. The Morgan fingerprint density at radius 1 is 1.00 bits per heavy atom. The van der Waals surface area contributed by atoms with Crippen molar-refractivity contribution in [1.29, 1.82) is 0 Å². The van der Waals surface area contributed by atoms with E-state index in [0.29, 0.717) is 34.3 Å². The van der Waals surface area contributed by atoms with Crippen LogP contribution in [0.5, 0.6) is 0 Å². The summed E-state index contributed by atoms with van der Waals surface area (Å²) >= 11 is 13.6. The summed E-state index contributed by atoms with van der Waals surface area (Å²) in [6, 6.07) is 18.4. The molecule has 0 atom stereocenters. The summed E-state index contributed by atoms with van der Waals surface area (Å²) in [6.45, 7) is 0. The first-order valence-electron chi connectivity index (χ1n) is 10.1. The van der Waals surface area contributed by atoms with Gasteiger partial charge in [0.15, 0.2) is 5.69 Å². The molecule has 0 aliphatic rings. The molecule has 0 unspecified atom stereocenters. The van der Waals surface area contributed by atoms with Gasteiger partial charge in [-0.3, -0.25) is 4.79 Å². The van der Waals surface area contributed by atoms with Crippen molar-refractivity contribution in [3.05, 3.63) is 110 Å². The average molecular weight is 500 g/mol. The van der Waals surface area contributed by atoms with Crippen LogP contribution in [0.15, 0.2) is 76.6 Å². The molecule has 0 aliphatic carbocycles. The summed E-state index contributed by atoms with van der Waals surface area (Å²) in [5.41, 5.74) is 2.22. The van der Waals surface area contributed by atoms with E-state index in [1.807, 2.05) is 36.4 Å². The van der Waals surface area contributed by atoms with Crippen molar-refractivity contribution in [3.8, 4) is 5.69 Å². The van der Waals surface area contributed by atoms with Gasteiger partial charge in [0.1, 0.15) is 5.69 Å². The number of rotatable bonds is 8. The normalized spacial score (nSPS) is 11.0. The highest BCUT2D eigenvalue weighted by molar-refractivity contribution is 7.98. The van der Waals surface area contributed by atoms with Gasteiger partial charge < -0.3 is 10.1 Å². The summed E-state index contributed by atoms with van der Waals surface area (Å²) in [5.74, 6) is -0.616. The molecule has 0 spiro atoms. The lowest BCUT2D eigenvalue weighted by Crippen LogP contribution is -2.19. The van der Waals surface area contributed by atoms with E-state index >= 15 is 0 Å². The molecule has 6 nitrogen and oxygen atoms in total. The molecule has 9 heteroatoms. The molecular formula is C24H19Cl2N3O3S. The van der Waals surface area contributed by atoms with Gasteiger partial charge in [0, 0.05) is 16.8 Å². The molecular weight excluding hydrogens is 481 g/mol. The van der Waals surface area contributed by atoms with Crippen LogP contribution in [0.25, 0.3) is 5.69 Å². The smallest absolute Gasteiger partial charge is 0.354 e. The number of carbonyl (C=O) groups is 1. The lowest BCUT2D eigenvalue weighted by atomic mass is 10.1. The SMILES string of the molecule is O=C(O)c1cc(CCc2ccccc2)nn1-c1cc(CSc2ccc(Cl)c(Cl)c2)c[nH]c1=O. The number of carboxylic acid groups (broad SMARTS) is 1. The van der Waals surface area contributed by atoms with Crippen LogP contribution in [-0.4, -0.2) is 25.8 Å². The third-order valence-corrected chi connectivity index (χ3v) is 6.76. The van der Waals surface area contributed by atoms with Crippen LogP contribution in [0.1, 0.15) is 27.3 Å². The quantitative estimate of drug-likeness (QED) is 0.306. The average Bonchev–Trinajstić information content (AvgIpc) is 3.24. The minimum absolute atomic E-state index is 0.0575. The Hall–Kier alpha value is -3.00. The van der Waals surface area contributed by atoms with Crippen molar-refractivity contribution >= 4 is 40.9 Å². The van der Waals surface area contributed by atoms with Gasteiger partial charge in [0.25, 0.3) is 5.56 Å². The first-order valence-corrected chi connectivity index (χ1v) is 11.8. The van der Waals surface area contributed by atoms with Crippen molar-refractivity contribution in [2.45, 2.75) is 23.5 Å². The number of halogens is 2. The van der Waals surface area contributed by atoms with Crippen molar-refractivity contribution in [2.24, 2.45) is 0 Å². The van der Waals surface area contributed by atoms with Gasteiger partial charge in [-0.2, -0.15) is 5.10 Å². The number of aromatic amines is 1. The Morgan fingerprint density at radius 3 is 2.52 bits per heavy atom. The fourth-order valence-electron chi connectivity index (χ4n) is 3.29. The predicted octanol–water partition coefficient (Wildman–Crippen LogP) is 5.64. The number of aromatic carboxylic acids is 1. The number of nitrogens with zero attached hydrogens (tertiary/aromatic N) is 2. The van der Waals surface area contributed by atoms with E-state index in [9.17, 15) is 14.7 Å². The molecule has 0 saturated heterocycles. The molecule has 2 aromatic carbocycles. The van der Waals surface area contributed by atoms with Crippen LogP contribution in [0.2, 0.25) is 10.0 Å². The van der Waals surface area contributed by atoms with E-state index in [2.05, 4.69) is 10.1 Å². The third-order valence-electron chi connectivity index (χ3n) is 4.96. The molecule has 2 heterocycles. The molecule has 4 rings (SSSR count). The number of aromatic nitrogens is 3. The van der Waals surface area contributed by atoms with Crippen LogP contribution in [0, 0.1) is 0 Å². The summed E-state index contributed by atoms with van der Waals surface area (Å²) in [5, 5.41) is 15.1. The second-order valence-corrected chi connectivity index (χ2v) is 9.17. The number of carboxylic acids is 1. The lowest BCUT2D eigenvalue weighted by molar-refractivity contribution is 0.0687. The number of thioether (sulfide) groups is 1. The van der Waals surface area contributed by atoms with E-state index < -0.39 is 11.5 Å². The van der Waals surface area contributed by atoms with Crippen LogP contribution >= 0.6 is 35.0 Å². The predicted molar refractivity (Wildman–Crippen MR) is 131 cm³/mol. The van der Waals surface area contributed by atoms with E-state index in [-0.39, 0.29) is 11.4 Å². The molecule has 0 bridgehead atoms. The van der Waals surface area contributed by atoms with E-state index in [1.165, 1.54) is 22.5 Å². The molecule has 0 radical (unpaired) electrons. The molecule has 0 aliphatic heterocycles. The zero-order chi connectivity index (χ0) is 23.4. The van der Waals surface area contributed by atoms with Crippen LogP contribution < -0.4 is 5.56 Å². The molecule has 4 aromatic rings. The highest BCUT2D eigenvalue weighted by atomic mass is 35.5. The second kappa shape index (κ2) is 10.3. The largest absolute Gasteiger partial charge is 0.477 e. The zero-order valence-corrected chi connectivity index (χ0v) is 19.6. The second-order valence-electron chi connectivity index (χ2n) is 7.31. The summed E-state index contributed by atoms with van der Waals surface area (Å²) in [4.78, 5) is 28.0. The maximum absolute atomic E-state index is 12.5. The van der Waals surface area contributed by atoms with Crippen molar-refractivity contribution < 1.29 is 9.90 Å².